The van der Waals surface area contributed by atoms with E-state index in [0.29, 0.717) is 15.7 Å². The number of anilines is 1. The molecule has 1 aliphatic heterocycles. The van der Waals surface area contributed by atoms with E-state index in [1.807, 2.05) is 31.2 Å². The first-order valence-corrected chi connectivity index (χ1v) is 13.0. The maximum atomic E-state index is 13.8. The lowest BCUT2D eigenvalue weighted by molar-refractivity contribution is -0.120. The van der Waals surface area contributed by atoms with Crippen molar-refractivity contribution in [2.75, 3.05) is 4.90 Å². The van der Waals surface area contributed by atoms with Crippen LogP contribution < -0.4 is 10.6 Å². The van der Waals surface area contributed by atoms with Crippen molar-refractivity contribution >= 4 is 51.3 Å². The molecule has 8 nitrogen and oxygen atoms in total. The first-order valence-electron chi connectivity index (χ1n) is 11.8. The van der Waals surface area contributed by atoms with Gasteiger partial charge in [-0.05, 0) is 60.7 Å². The van der Waals surface area contributed by atoms with Crippen molar-refractivity contribution in [3.05, 3.63) is 99.6 Å². The summed E-state index contributed by atoms with van der Waals surface area (Å²) in [5.41, 5.74) is 8.21. The van der Waals surface area contributed by atoms with E-state index < -0.39 is 17.9 Å². The first-order chi connectivity index (χ1) is 18.3. The van der Waals surface area contributed by atoms with Crippen molar-refractivity contribution in [2.24, 2.45) is 11.7 Å². The highest BCUT2D eigenvalue weighted by Gasteiger charge is 2.49. The lowest BCUT2D eigenvalue weighted by atomic mass is 9.87. The number of primary amides is 1. The average Bonchev–Trinajstić information content (AvgIpc) is 3.60. The number of thiophene rings is 1. The molecule has 3 atom stereocenters. The van der Waals surface area contributed by atoms with Gasteiger partial charge >= 0.3 is 0 Å². The molecule has 1 fully saturated rings. The van der Waals surface area contributed by atoms with Crippen LogP contribution in [0.25, 0.3) is 16.6 Å². The van der Waals surface area contributed by atoms with Crippen molar-refractivity contribution < 1.29 is 14.0 Å². The molecule has 3 unspecified atom stereocenters. The van der Waals surface area contributed by atoms with Gasteiger partial charge in [0.15, 0.2) is 0 Å². The Hall–Kier alpha value is -4.15. The molecule has 3 aromatic heterocycles. The van der Waals surface area contributed by atoms with E-state index >= 15 is 0 Å². The maximum Gasteiger partial charge on any atom is 0.286 e. The molecular formula is C27H20ClFN6O2S. The van der Waals surface area contributed by atoms with E-state index in [4.69, 9.17) is 17.3 Å². The molecule has 0 radical (unpaired) electrons. The molecule has 5 aromatic rings. The molecule has 0 saturated carbocycles. The monoisotopic (exact) mass is 546 g/mol. The number of carbonyl (C=O) groups excluding carboxylic acids is 2. The Bertz CT molecular complexity index is 1700. The zero-order chi connectivity index (χ0) is 26.6. The third kappa shape index (κ3) is 4.02. The van der Waals surface area contributed by atoms with Crippen molar-refractivity contribution in [1.29, 1.82) is 0 Å². The molecule has 6 rings (SSSR count). The second-order valence-corrected chi connectivity index (χ2v) is 10.8. The summed E-state index contributed by atoms with van der Waals surface area (Å²) < 4.78 is 15.7. The summed E-state index contributed by atoms with van der Waals surface area (Å²) >= 11 is 7.70. The van der Waals surface area contributed by atoms with E-state index in [1.165, 1.54) is 29.7 Å². The number of carbonyl (C=O) groups is 2. The summed E-state index contributed by atoms with van der Waals surface area (Å²) in [6, 6.07) is 16.7. The molecule has 1 aliphatic rings. The normalized spacial score (nSPS) is 19.4. The minimum absolute atomic E-state index is 0.0889. The SMILES string of the molecule is CC1C(=O)N(c2ccc3c(cnn3-c3ccc(F)cc3)c2)C(c2ccc(Cl)s2)C1c1ccnc(C(N)=O)n1. The van der Waals surface area contributed by atoms with Gasteiger partial charge in [-0.3, -0.25) is 9.59 Å². The second kappa shape index (κ2) is 9.30. The largest absolute Gasteiger partial charge is 0.363 e. The zero-order valence-corrected chi connectivity index (χ0v) is 21.5. The van der Waals surface area contributed by atoms with Gasteiger partial charge in [0.25, 0.3) is 5.91 Å². The number of halogens is 2. The third-order valence-electron chi connectivity index (χ3n) is 6.81. The van der Waals surface area contributed by atoms with Crippen molar-refractivity contribution in [2.45, 2.75) is 18.9 Å². The summed E-state index contributed by atoms with van der Waals surface area (Å²) in [6.45, 7) is 1.85. The number of nitrogens with two attached hydrogens (primary N) is 1. The summed E-state index contributed by atoms with van der Waals surface area (Å²) in [5.74, 6) is -2.08. The van der Waals surface area contributed by atoms with Gasteiger partial charge in [-0.2, -0.15) is 5.10 Å². The fraction of sp³-hybridized carbons (Fsp3) is 0.148. The molecule has 2 amide bonds. The number of amides is 2. The average molecular weight is 547 g/mol. The highest BCUT2D eigenvalue weighted by molar-refractivity contribution is 7.16. The van der Waals surface area contributed by atoms with Gasteiger partial charge in [0.2, 0.25) is 11.7 Å². The van der Waals surface area contributed by atoms with E-state index in [2.05, 4.69) is 15.1 Å². The molecule has 38 heavy (non-hydrogen) atoms. The summed E-state index contributed by atoms with van der Waals surface area (Å²) in [7, 11) is 0. The highest BCUT2D eigenvalue weighted by Crippen LogP contribution is 2.51. The molecule has 0 bridgehead atoms. The van der Waals surface area contributed by atoms with Crippen LogP contribution in [0.15, 0.2) is 73.1 Å². The van der Waals surface area contributed by atoms with Gasteiger partial charge in [0, 0.05) is 34.0 Å². The van der Waals surface area contributed by atoms with Gasteiger partial charge in [0.1, 0.15) is 5.82 Å². The zero-order valence-electron chi connectivity index (χ0n) is 20.0. The van der Waals surface area contributed by atoms with Crippen LogP contribution in [0.3, 0.4) is 0 Å². The van der Waals surface area contributed by atoms with E-state index in [-0.39, 0.29) is 23.5 Å². The highest BCUT2D eigenvalue weighted by atomic mass is 35.5. The smallest absolute Gasteiger partial charge is 0.286 e. The number of fused-ring (bicyclic) bond motifs is 1. The number of nitrogens with zero attached hydrogens (tertiary/aromatic N) is 5. The molecule has 11 heteroatoms. The Kier molecular flexibility index (Phi) is 5.93. The van der Waals surface area contributed by atoms with Gasteiger partial charge in [-0.15, -0.1) is 11.3 Å². The van der Waals surface area contributed by atoms with Crippen LogP contribution >= 0.6 is 22.9 Å². The minimum Gasteiger partial charge on any atom is -0.363 e. The van der Waals surface area contributed by atoms with Gasteiger partial charge < -0.3 is 10.6 Å². The predicted molar refractivity (Wildman–Crippen MR) is 143 cm³/mol. The van der Waals surface area contributed by atoms with Crippen LogP contribution in [0.1, 0.15) is 40.1 Å². The molecule has 2 aromatic carbocycles. The minimum atomic E-state index is -0.736. The standard InChI is InChI=1S/C27H20ClFN6O2S/c1-14-23(19-10-11-31-26(33-19)25(30)36)24(21-8-9-22(28)38-21)34(27(14)37)18-6-7-20-15(12-18)13-32-35(20)17-4-2-16(29)3-5-17/h2-14,23-24H,1H3,(H2,30,36). The van der Waals surface area contributed by atoms with Crippen molar-refractivity contribution in [3.8, 4) is 5.69 Å². The number of hydrogen-bond acceptors (Lipinski definition) is 6. The summed E-state index contributed by atoms with van der Waals surface area (Å²) in [6.07, 6.45) is 3.20. The predicted octanol–water partition coefficient (Wildman–Crippen LogP) is 5.28. The lowest BCUT2D eigenvalue weighted by Crippen LogP contribution is -2.28. The van der Waals surface area contributed by atoms with Crippen molar-refractivity contribution in [3.63, 3.8) is 0 Å². The Labute approximate surface area is 225 Å². The van der Waals surface area contributed by atoms with Crippen molar-refractivity contribution in [1.82, 2.24) is 19.7 Å². The Morgan fingerprint density at radius 1 is 1.08 bits per heavy atom. The molecule has 4 heterocycles. The molecule has 1 saturated heterocycles. The van der Waals surface area contributed by atoms with E-state index in [1.54, 1.807) is 40.0 Å². The fourth-order valence-electron chi connectivity index (χ4n) is 5.08. The van der Waals surface area contributed by atoms with Crippen LogP contribution in [0.2, 0.25) is 4.34 Å². The lowest BCUT2D eigenvalue weighted by Gasteiger charge is -2.27. The maximum absolute atomic E-state index is 13.8. The Morgan fingerprint density at radius 2 is 1.84 bits per heavy atom. The molecule has 190 valence electrons. The summed E-state index contributed by atoms with van der Waals surface area (Å²) in [5, 5.41) is 5.30. The third-order valence-corrected chi connectivity index (χ3v) is 8.11. The van der Waals surface area contributed by atoms with Gasteiger partial charge in [-0.1, -0.05) is 18.5 Å². The van der Waals surface area contributed by atoms with Gasteiger partial charge in [0.05, 0.1) is 33.5 Å². The van der Waals surface area contributed by atoms with Crippen LogP contribution in [0.4, 0.5) is 10.1 Å². The van der Waals surface area contributed by atoms with Crippen LogP contribution in [-0.2, 0) is 4.79 Å². The van der Waals surface area contributed by atoms with Crippen LogP contribution in [0, 0.1) is 11.7 Å². The topological polar surface area (TPSA) is 107 Å². The second-order valence-electron chi connectivity index (χ2n) is 9.05. The van der Waals surface area contributed by atoms with Gasteiger partial charge in [-0.25, -0.2) is 19.0 Å². The molecule has 0 spiro atoms. The number of aromatic nitrogens is 4. The number of rotatable bonds is 5. The van der Waals surface area contributed by atoms with E-state index in [0.717, 1.165) is 21.5 Å². The number of hydrogen-bond donors (Lipinski definition) is 1. The Morgan fingerprint density at radius 3 is 2.55 bits per heavy atom. The molecular weight excluding hydrogens is 527 g/mol. The van der Waals surface area contributed by atoms with Crippen LogP contribution in [-0.4, -0.2) is 31.6 Å². The summed E-state index contributed by atoms with van der Waals surface area (Å²) in [4.78, 5) is 36.6. The first kappa shape index (κ1) is 24.2. The Balaban J connectivity index is 1.46. The van der Waals surface area contributed by atoms with Crippen LogP contribution in [0.5, 0.6) is 0 Å². The number of benzene rings is 2. The quantitative estimate of drug-likeness (QED) is 0.323. The molecule has 0 aliphatic carbocycles. The van der Waals surface area contributed by atoms with E-state index in [9.17, 15) is 14.0 Å². The molecule has 2 N–H and O–H groups in total. The fourth-order valence-corrected chi connectivity index (χ4v) is 6.28.